The van der Waals surface area contributed by atoms with Crippen molar-refractivity contribution in [1.29, 1.82) is 0 Å². The van der Waals surface area contributed by atoms with Crippen molar-refractivity contribution in [2.45, 2.75) is 25.6 Å². The molecule has 0 saturated heterocycles. The van der Waals surface area contributed by atoms with E-state index in [4.69, 9.17) is 5.11 Å². The van der Waals surface area contributed by atoms with E-state index in [1.54, 1.807) is 0 Å². The van der Waals surface area contributed by atoms with Gasteiger partial charge >= 0.3 is 12.0 Å². The van der Waals surface area contributed by atoms with Crippen LogP contribution in [-0.4, -0.2) is 29.0 Å². The largest absolute Gasteiger partial charge is 0.458 e. The zero-order valence-electron chi connectivity index (χ0n) is 6.18. The third-order valence-corrected chi connectivity index (χ3v) is 0.992. The summed E-state index contributed by atoms with van der Waals surface area (Å²) >= 11 is 0. The standard InChI is InChI=1S/C6H7F3O3/c1-3(10)2-4(11)5(12)6(7,8)9/h3,10H,2H2,1H3. The Morgan fingerprint density at radius 2 is 1.83 bits per heavy atom. The molecule has 3 nitrogen and oxygen atoms in total. The maximum absolute atomic E-state index is 11.5. The van der Waals surface area contributed by atoms with Crippen LogP contribution < -0.4 is 0 Å². The van der Waals surface area contributed by atoms with E-state index in [9.17, 15) is 22.8 Å². The van der Waals surface area contributed by atoms with Gasteiger partial charge in [0, 0.05) is 6.42 Å². The molecule has 0 spiro atoms. The maximum atomic E-state index is 11.5. The lowest BCUT2D eigenvalue weighted by molar-refractivity contribution is -0.174. The molecule has 0 aromatic rings. The second-order valence-corrected chi connectivity index (χ2v) is 2.30. The molecule has 0 radical (unpaired) electrons. The molecule has 0 amide bonds. The number of hydrogen-bond acceptors (Lipinski definition) is 3. The van der Waals surface area contributed by atoms with Crippen LogP contribution in [0.5, 0.6) is 0 Å². The van der Waals surface area contributed by atoms with Gasteiger partial charge in [-0.15, -0.1) is 0 Å². The summed E-state index contributed by atoms with van der Waals surface area (Å²) in [6.45, 7) is 1.13. The van der Waals surface area contributed by atoms with Crippen molar-refractivity contribution in [3.63, 3.8) is 0 Å². The van der Waals surface area contributed by atoms with E-state index in [0.717, 1.165) is 6.92 Å². The summed E-state index contributed by atoms with van der Waals surface area (Å²) < 4.78 is 34.5. The number of alkyl halides is 3. The Labute approximate surface area is 66.2 Å². The van der Waals surface area contributed by atoms with Crippen LogP contribution in [0.15, 0.2) is 0 Å². The minimum Gasteiger partial charge on any atom is -0.393 e. The monoisotopic (exact) mass is 184 g/mol. The molecule has 1 atom stereocenters. The lowest BCUT2D eigenvalue weighted by Crippen LogP contribution is -2.32. The minimum absolute atomic E-state index is 0.793. The van der Waals surface area contributed by atoms with Crippen LogP contribution in [-0.2, 0) is 9.59 Å². The molecule has 6 heteroatoms. The Morgan fingerprint density at radius 1 is 1.42 bits per heavy atom. The first-order valence-corrected chi connectivity index (χ1v) is 3.07. The van der Waals surface area contributed by atoms with E-state index in [1.165, 1.54) is 0 Å². The Bertz CT molecular complexity index is 195. The summed E-state index contributed by atoms with van der Waals surface area (Å²) in [5.41, 5.74) is 0. The van der Waals surface area contributed by atoms with Gasteiger partial charge < -0.3 is 5.11 Å². The fourth-order valence-electron chi connectivity index (χ4n) is 0.519. The minimum atomic E-state index is -5.13. The summed E-state index contributed by atoms with van der Waals surface area (Å²) in [4.78, 5) is 20.5. The number of carbonyl (C=O) groups excluding carboxylic acids is 2. The van der Waals surface area contributed by atoms with Gasteiger partial charge in [-0.25, -0.2) is 0 Å². The van der Waals surface area contributed by atoms with Crippen molar-refractivity contribution < 1.29 is 27.9 Å². The smallest absolute Gasteiger partial charge is 0.393 e. The van der Waals surface area contributed by atoms with Crippen molar-refractivity contribution in [1.82, 2.24) is 0 Å². The molecule has 0 aliphatic rings. The fourth-order valence-corrected chi connectivity index (χ4v) is 0.519. The van der Waals surface area contributed by atoms with Crippen LogP contribution in [0, 0.1) is 0 Å². The molecule has 0 aromatic heterocycles. The normalized spacial score (nSPS) is 14.1. The van der Waals surface area contributed by atoms with Gasteiger partial charge in [0.1, 0.15) is 0 Å². The fraction of sp³-hybridized carbons (Fsp3) is 0.667. The number of aliphatic hydroxyl groups is 1. The number of Topliss-reactive ketones (excluding diaryl/α,β-unsaturated/α-hetero) is 2. The molecule has 0 bridgehead atoms. The van der Waals surface area contributed by atoms with E-state index in [0.29, 0.717) is 0 Å². The van der Waals surface area contributed by atoms with Gasteiger partial charge in [0.05, 0.1) is 6.10 Å². The zero-order valence-corrected chi connectivity index (χ0v) is 6.18. The van der Waals surface area contributed by atoms with Crippen molar-refractivity contribution in [2.24, 2.45) is 0 Å². The number of hydrogen-bond donors (Lipinski definition) is 1. The first-order chi connectivity index (χ1) is 5.25. The van der Waals surface area contributed by atoms with Gasteiger partial charge in [-0.3, -0.25) is 9.59 Å². The van der Waals surface area contributed by atoms with Crippen molar-refractivity contribution in [3.8, 4) is 0 Å². The summed E-state index contributed by atoms with van der Waals surface area (Å²) in [5.74, 6) is -4.03. The zero-order chi connectivity index (χ0) is 9.94. The summed E-state index contributed by atoms with van der Waals surface area (Å²) in [7, 11) is 0. The highest BCUT2D eigenvalue weighted by molar-refractivity contribution is 6.39. The van der Waals surface area contributed by atoms with Crippen molar-refractivity contribution in [2.75, 3.05) is 0 Å². The average molecular weight is 184 g/mol. The summed E-state index contributed by atoms with van der Waals surface area (Å²) in [5, 5.41) is 8.50. The van der Waals surface area contributed by atoms with Crippen LogP contribution in [0.4, 0.5) is 13.2 Å². The summed E-state index contributed by atoms with van der Waals surface area (Å²) in [6, 6.07) is 0. The molecule has 0 heterocycles. The van der Waals surface area contributed by atoms with Crippen LogP contribution in [0.3, 0.4) is 0 Å². The molecule has 12 heavy (non-hydrogen) atoms. The van der Waals surface area contributed by atoms with Crippen molar-refractivity contribution in [3.05, 3.63) is 0 Å². The van der Waals surface area contributed by atoms with Crippen LogP contribution in [0.2, 0.25) is 0 Å². The second kappa shape index (κ2) is 3.66. The Morgan fingerprint density at radius 3 is 2.08 bits per heavy atom. The second-order valence-electron chi connectivity index (χ2n) is 2.30. The molecule has 0 saturated carbocycles. The SMILES string of the molecule is CC(O)CC(=O)C(=O)C(F)(F)F. The predicted molar refractivity (Wildman–Crippen MR) is 32.4 cm³/mol. The van der Waals surface area contributed by atoms with Crippen LogP contribution >= 0.6 is 0 Å². The molecule has 0 aliphatic carbocycles. The van der Waals surface area contributed by atoms with E-state index in [-0.39, 0.29) is 0 Å². The van der Waals surface area contributed by atoms with E-state index < -0.39 is 30.3 Å². The molecule has 0 aliphatic heterocycles. The van der Waals surface area contributed by atoms with Gasteiger partial charge in [-0.2, -0.15) is 13.2 Å². The highest BCUT2D eigenvalue weighted by atomic mass is 19.4. The maximum Gasteiger partial charge on any atom is 0.458 e. The van der Waals surface area contributed by atoms with E-state index in [1.807, 2.05) is 0 Å². The van der Waals surface area contributed by atoms with Crippen LogP contribution in [0.25, 0.3) is 0 Å². The molecule has 0 aromatic carbocycles. The molecular weight excluding hydrogens is 177 g/mol. The first kappa shape index (κ1) is 11.1. The number of rotatable bonds is 3. The molecule has 1 N–H and O–H groups in total. The van der Waals surface area contributed by atoms with Gasteiger partial charge in [-0.1, -0.05) is 0 Å². The number of halogens is 3. The van der Waals surface area contributed by atoms with Gasteiger partial charge in [0.15, 0.2) is 0 Å². The van der Waals surface area contributed by atoms with Crippen molar-refractivity contribution >= 4 is 11.6 Å². The quantitative estimate of drug-likeness (QED) is 0.648. The lowest BCUT2D eigenvalue weighted by Gasteiger charge is -2.04. The number of ketones is 2. The Balaban J connectivity index is 4.22. The van der Waals surface area contributed by atoms with E-state index in [2.05, 4.69) is 0 Å². The number of carbonyl (C=O) groups is 2. The molecule has 0 fully saturated rings. The number of aliphatic hydroxyl groups excluding tert-OH is 1. The summed E-state index contributed by atoms with van der Waals surface area (Å²) in [6.07, 6.45) is -7.16. The van der Waals surface area contributed by atoms with Gasteiger partial charge in [0.2, 0.25) is 5.78 Å². The molecule has 0 rings (SSSR count). The molecule has 70 valence electrons. The highest BCUT2D eigenvalue weighted by Gasteiger charge is 2.43. The Kier molecular flexibility index (Phi) is 3.38. The van der Waals surface area contributed by atoms with E-state index >= 15 is 0 Å². The average Bonchev–Trinajstić information content (AvgIpc) is 1.82. The highest BCUT2D eigenvalue weighted by Crippen LogP contribution is 2.17. The third-order valence-electron chi connectivity index (χ3n) is 0.992. The topological polar surface area (TPSA) is 54.4 Å². The molecule has 1 unspecified atom stereocenters. The van der Waals surface area contributed by atoms with Crippen LogP contribution in [0.1, 0.15) is 13.3 Å². The van der Waals surface area contributed by atoms with Gasteiger partial charge in [0.25, 0.3) is 0 Å². The molecular formula is C6H7F3O3. The predicted octanol–water partition coefficient (Wildman–Crippen LogP) is 0.458. The van der Waals surface area contributed by atoms with Gasteiger partial charge in [-0.05, 0) is 6.92 Å². The third kappa shape index (κ3) is 3.47. The Hall–Kier alpha value is -0.910. The lowest BCUT2D eigenvalue weighted by atomic mass is 10.1. The first-order valence-electron chi connectivity index (χ1n) is 3.07.